The lowest BCUT2D eigenvalue weighted by Gasteiger charge is -2.21. The van der Waals surface area contributed by atoms with Crippen LogP contribution in [0.25, 0.3) is 131 Å². The topological polar surface area (TPSA) is 13.1 Å². The maximum atomic E-state index is 6.93. The van der Waals surface area contributed by atoms with E-state index < -0.39 is 0 Å². The summed E-state index contributed by atoms with van der Waals surface area (Å²) in [7, 11) is 0. The van der Waals surface area contributed by atoms with Crippen molar-refractivity contribution < 1.29 is 4.42 Å². The monoisotopic (exact) mass is 838 g/mol. The Kier molecular flexibility index (Phi) is 7.81. The van der Waals surface area contributed by atoms with Gasteiger partial charge in [-0.25, -0.2) is 0 Å². The van der Waals surface area contributed by atoms with E-state index in [0.717, 1.165) is 11.2 Å². The van der Waals surface area contributed by atoms with Gasteiger partial charge in [-0.2, -0.15) is 0 Å². The summed E-state index contributed by atoms with van der Waals surface area (Å²) < 4.78 is 6.93. The standard InChI is InChI=1S/C65H42O/c1-65(2)58-29-14-13-23-48(58)56-38-60-57(36-59(56)65)64-49-24-8-7-22-46(49)55(37-61(64)66-60)47-32-33-54(45-21-6-5-20-44(45)47)63-52-27-11-9-25-50(52)62(51-26-10-12-28-53(51)63)43-19-15-18-41(35-43)42-31-30-39-16-3-4-17-40(39)34-42/h3-38H,1-2H3. The Morgan fingerprint density at radius 2 is 0.833 bits per heavy atom. The van der Waals surface area contributed by atoms with E-state index in [0.29, 0.717) is 0 Å². The summed E-state index contributed by atoms with van der Waals surface area (Å²) in [5.74, 6) is 0. The molecule has 0 saturated carbocycles. The van der Waals surface area contributed by atoms with Gasteiger partial charge in [-0.3, -0.25) is 0 Å². The largest absolute Gasteiger partial charge is 0.456 e. The van der Waals surface area contributed by atoms with Gasteiger partial charge in [0.25, 0.3) is 0 Å². The molecule has 0 saturated heterocycles. The van der Waals surface area contributed by atoms with Crippen molar-refractivity contribution in [1.82, 2.24) is 0 Å². The first-order valence-electron chi connectivity index (χ1n) is 23.1. The molecule has 0 spiro atoms. The molecule has 1 aliphatic carbocycles. The van der Waals surface area contributed by atoms with E-state index in [9.17, 15) is 0 Å². The van der Waals surface area contributed by atoms with Crippen LogP contribution in [0.1, 0.15) is 25.0 Å². The zero-order chi connectivity index (χ0) is 43.7. The third-order valence-electron chi connectivity index (χ3n) is 14.8. The van der Waals surface area contributed by atoms with Gasteiger partial charge >= 0.3 is 0 Å². The maximum absolute atomic E-state index is 6.93. The molecule has 0 bridgehead atoms. The molecule has 0 radical (unpaired) electrons. The zero-order valence-electron chi connectivity index (χ0n) is 36.7. The highest BCUT2D eigenvalue weighted by Gasteiger charge is 2.36. The van der Waals surface area contributed by atoms with Crippen LogP contribution in [0.3, 0.4) is 0 Å². The minimum Gasteiger partial charge on any atom is -0.456 e. The van der Waals surface area contributed by atoms with Crippen LogP contribution in [0, 0.1) is 0 Å². The van der Waals surface area contributed by atoms with E-state index >= 15 is 0 Å². The van der Waals surface area contributed by atoms with Crippen molar-refractivity contribution in [2.45, 2.75) is 19.3 Å². The predicted molar refractivity (Wildman–Crippen MR) is 281 cm³/mol. The van der Waals surface area contributed by atoms with Crippen molar-refractivity contribution in [2.75, 3.05) is 0 Å². The summed E-state index contributed by atoms with van der Waals surface area (Å²) in [6.07, 6.45) is 0. The first kappa shape index (κ1) is 37.1. The summed E-state index contributed by atoms with van der Waals surface area (Å²) in [4.78, 5) is 0. The normalized spacial score (nSPS) is 13.1. The molecule has 12 aromatic carbocycles. The average Bonchev–Trinajstić information content (AvgIpc) is 3.85. The van der Waals surface area contributed by atoms with Crippen LogP contribution in [-0.2, 0) is 5.41 Å². The molecule has 13 aromatic rings. The van der Waals surface area contributed by atoms with Crippen molar-refractivity contribution in [1.29, 1.82) is 0 Å². The highest BCUT2D eigenvalue weighted by molar-refractivity contribution is 6.26. The van der Waals surface area contributed by atoms with Crippen LogP contribution >= 0.6 is 0 Å². The Balaban J connectivity index is 0.968. The van der Waals surface area contributed by atoms with E-state index in [1.165, 1.54) is 131 Å². The number of benzene rings is 12. The fraction of sp³-hybridized carbons (Fsp3) is 0.0462. The highest BCUT2D eigenvalue weighted by atomic mass is 16.3. The quantitative estimate of drug-likeness (QED) is 0.161. The molecule has 0 fully saturated rings. The first-order valence-corrected chi connectivity index (χ1v) is 23.1. The molecule has 0 amide bonds. The third kappa shape index (κ3) is 5.29. The molecule has 0 aliphatic heterocycles. The fourth-order valence-electron chi connectivity index (χ4n) is 11.8. The van der Waals surface area contributed by atoms with Gasteiger partial charge in [0, 0.05) is 16.2 Å². The molecule has 1 heteroatoms. The lowest BCUT2D eigenvalue weighted by Crippen LogP contribution is -2.14. The molecule has 1 nitrogen and oxygen atoms in total. The van der Waals surface area contributed by atoms with Crippen LogP contribution in [0.4, 0.5) is 0 Å². The molecule has 1 heterocycles. The van der Waals surface area contributed by atoms with Gasteiger partial charge in [-0.05, 0) is 151 Å². The van der Waals surface area contributed by atoms with E-state index in [-0.39, 0.29) is 5.41 Å². The summed E-state index contributed by atoms with van der Waals surface area (Å²) in [5, 5.41) is 14.7. The molecule has 66 heavy (non-hydrogen) atoms. The van der Waals surface area contributed by atoms with Gasteiger partial charge < -0.3 is 4.42 Å². The van der Waals surface area contributed by atoms with Gasteiger partial charge in [-0.15, -0.1) is 0 Å². The molecule has 1 aromatic heterocycles. The summed E-state index contributed by atoms with van der Waals surface area (Å²) in [6, 6.07) is 80.9. The van der Waals surface area contributed by atoms with Crippen LogP contribution < -0.4 is 0 Å². The van der Waals surface area contributed by atoms with Gasteiger partial charge in [0.1, 0.15) is 11.2 Å². The van der Waals surface area contributed by atoms with Gasteiger partial charge in [0.05, 0.1) is 0 Å². The minimum atomic E-state index is -0.0966. The number of hydrogen-bond acceptors (Lipinski definition) is 1. The van der Waals surface area contributed by atoms with Crippen LogP contribution in [0.5, 0.6) is 0 Å². The van der Waals surface area contributed by atoms with Crippen LogP contribution in [0.15, 0.2) is 223 Å². The predicted octanol–water partition coefficient (Wildman–Crippen LogP) is 18.3. The highest BCUT2D eigenvalue weighted by Crippen LogP contribution is 2.53. The second kappa shape index (κ2) is 13.9. The number of hydrogen-bond donors (Lipinski definition) is 0. The van der Waals surface area contributed by atoms with E-state index in [1.54, 1.807) is 0 Å². The Morgan fingerprint density at radius 1 is 0.288 bits per heavy atom. The fourth-order valence-corrected chi connectivity index (χ4v) is 11.8. The Hall–Kier alpha value is -8.26. The maximum Gasteiger partial charge on any atom is 0.136 e. The number of rotatable bonds is 4. The number of furan rings is 1. The second-order valence-electron chi connectivity index (χ2n) is 18.7. The smallest absolute Gasteiger partial charge is 0.136 e. The van der Waals surface area contributed by atoms with Gasteiger partial charge in [0.15, 0.2) is 0 Å². The molecule has 14 rings (SSSR count). The van der Waals surface area contributed by atoms with Crippen molar-refractivity contribution in [3.05, 3.63) is 230 Å². The van der Waals surface area contributed by atoms with Crippen molar-refractivity contribution >= 4 is 75.8 Å². The number of fused-ring (bicyclic) bond motifs is 12. The Labute approximate surface area is 382 Å². The van der Waals surface area contributed by atoms with Crippen molar-refractivity contribution in [3.8, 4) is 55.6 Å². The van der Waals surface area contributed by atoms with Crippen LogP contribution in [0.2, 0.25) is 0 Å². The summed E-state index contributed by atoms with van der Waals surface area (Å²) >= 11 is 0. The van der Waals surface area contributed by atoms with Crippen molar-refractivity contribution in [3.63, 3.8) is 0 Å². The molecule has 0 unspecified atom stereocenters. The average molecular weight is 839 g/mol. The van der Waals surface area contributed by atoms with Crippen molar-refractivity contribution in [2.24, 2.45) is 0 Å². The first-order chi connectivity index (χ1) is 32.5. The van der Waals surface area contributed by atoms with Gasteiger partial charge in [0.2, 0.25) is 0 Å². The molecule has 0 N–H and O–H groups in total. The third-order valence-corrected chi connectivity index (χ3v) is 14.8. The second-order valence-corrected chi connectivity index (χ2v) is 18.7. The molecular weight excluding hydrogens is 797 g/mol. The molecule has 1 aliphatic rings. The lowest BCUT2D eigenvalue weighted by atomic mass is 9.82. The SMILES string of the molecule is CC1(C)c2ccccc2-c2cc3oc4cc(-c5ccc(-c6c7ccccc7c(-c7cccc(-c8ccc9ccccc9c8)c7)c7ccccc67)c6ccccc56)c5ccccc5c4c3cc21. The Bertz CT molecular complexity index is 4140. The lowest BCUT2D eigenvalue weighted by molar-refractivity contribution is 0.658. The minimum absolute atomic E-state index is 0.0966. The van der Waals surface area contributed by atoms with E-state index in [4.69, 9.17) is 4.42 Å². The Morgan fingerprint density at radius 3 is 1.58 bits per heavy atom. The summed E-state index contributed by atoms with van der Waals surface area (Å²) in [5.41, 5.74) is 16.8. The van der Waals surface area contributed by atoms with E-state index in [2.05, 4.69) is 232 Å². The van der Waals surface area contributed by atoms with E-state index in [1.807, 2.05) is 0 Å². The zero-order valence-corrected chi connectivity index (χ0v) is 36.7. The summed E-state index contributed by atoms with van der Waals surface area (Å²) in [6.45, 7) is 4.70. The molecule has 0 atom stereocenters. The molecular formula is C65H42O. The molecule has 308 valence electrons. The van der Waals surface area contributed by atoms with Crippen LogP contribution in [-0.4, -0.2) is 0 Å². The van der Waals surface area contributed by atoms with Gasteiger partial charge in [-0.1, -0.05) is 202 Å².